The van der Waals surface area contributed by atoms with E-state index < -0.39 is 22.5 Å². The van der Waals surface area contributed by atoms with Gasteiger partial charge in [0.2, 0.25) is 5.91 Å². The van der Waals surface area contributed by atoms with Gasteiger partial charge in [0, 0.05) is 5.69 Å². The lowest BCUT2D eigenvalue weighted by Gasteiger charge is -2.26. The molecule has 8 heteroatoms. The second kappa shape index (κ2) is 9.08. The summed E-state index contributed by atoms with van der Waals surface area (Å²) in [5.41, 5.74) is 2.57. The predicted octanol–water partition coefficient (Wildman–Crippen LogP) is 5.44. The maximum absolute atomic E-state index is 13.4. The summed E-state index contributed by atoms with van der Waals surface area (Å²) >= 11 is 11.9. The van der Waals surface area contributed by atoms with Gasteiger partial charge in [-0.3, -0.25) is 9.10 Å². The quantitative estimate of drug-likeness (QED) is 0.529. The molecule has 1 amide bonds. The van der Waals surface area contributed by atoms with Crippen molar-refractivity contribution in [2.24, 2.45) is 0 Å². The lowest BCUT2D eigenvalue weighted by molar-refractivity contribution is -0.114. The summed E-state index contributed by atoms with van der Waals surface area (Å²) < 4.78 is 27.9. The first-order valence-corrected chi connectivity index (χ1v) is 11.3. The number of nitrogens with one attached hydrogen (secondary N) is 1. The van der Waals surface area contributed by atoms with Crippen LogP contribution in [0.2, 0.25) is 10.0 Å². The van der Waals surface area contributed by atoms with Gasteiger partial charge in [-0.05, 0) is 61.4 Å². The van der Waals surface area contributed by atoms with E-state index in [2.05, 4.69) is 5.32 Å². The number of halogens is 2. The van der Waals surface area contributed by atoms with Gasteiger partial charge in [-0.2, -0.15) is 0 Å². The molecular weight excluding hydrogens is 443 g/mol. The van der Waals surface area contributed by atoms with E-state index in [1.54, 1.807) is 42.5 Å². The third-order valence-electron chi connectivity index (χ3n) is 4.67. The Kier molecular flexibility index (Phi) is 6.71. The molecule has 0 saturated heterocycles. The highest BCUT2D eigenvalue weighted by Gasteiger charge is 2.28. The van der Waals surface area contributed by atoms with Gasteiger partial charge in [0.1, 0.15) is 6.54 Å². The van der Waals surface area contributed by atoms with E-state index >= 15 is 0 Å². The van der Waals surface area contributed by atoms with E-state index in [0.29, 0.717) is 16.4 Å². The van der Waals surface area contributed by atoms with E-state index in [0.717, 1.165) is 15.4 Å². The molecule has 0 aromatic heterocycles. The number of amides is 1. The normalized spacial score (nSPS) is 11.2. The molecule has 0 aliphatic heterocycles. The number of hydrogen-bond acceptors (Lipinski definition) is 3. The van der Waals surface area contributed by atoms with Gasteiger partial charge in [0.05, 0.1) is 20.6 Å². The number of aryl methyl sites for hydroxylation is 1. The fourth-order valence-electron chi connectivity index (χ4n) is 2.93. The van der Waals surface area contributed by atoms with E-state index in [1.165, 1.54) is 18.2 Å². The van der Waals surface area contributed by atoms with Gasteiger partial charge in [0.15, 0.2) is 0 Å². The van der Waals surface area contributed by atoms with Crippen LogP contribution in [-0.2, 0) is 14.8 Å². The lowest BCUT2D eigenvalue weighted by Crippen LogP contribution is -2.38. The smallest absolute Gasteiger partial charge is 0.264 e. The third kappa shape index (κ3) is 4.78. The first-order chi connectivity index (χ1) is 14.2. The summed E-state index contributed by atoms with van der Waals surface area (Å²) in [6.45, 7) is 3.32. The Morgan fingerprint density at radius 2 is 1.63 bits per heavy atom. The van der Waals surface area contributed by atoms with Gasteiger partial charge >= 0.3 is 0 Å². The first kappa shape index (κ1) is 22.2. The molecular formula is C22H20Cl2N2O3S. The van der Waals surface area contributed by atoms with Crippen molar-refractivity contribution in [3.63, 3.8) is 0 Å². The van der Waals surface area contributed by atoms with Crippen LogP contribution in [0.25, 0.3) is 0 Å². The van der Waals surface area contributed by atoms with Crippen LogP contribution in [0, 0.1) is 13.8 Å². The number of sulfonamides is 1. The van der Waals surface area contributed by atoms with Crippen LogP contribution in [0.3, 0.4) is 0 Å². The Bertz CT molecular complexity index is 1180. The van der Waals surface area contributed by atoms with Gasteiger partial charge in [-0.25, -0.2) is 8.42 Å². The average Bonchev–Trinajstić information content (AvgIpc) is 2.72. The molecule has 3 aromatic carbocycles. The molecule has 0 aliphatic rings. The predicted molar refractivity (Wildman–Crippen MR) is 122 cm³/mol. The zero-order valence-electron chi connectivity index (χ0n) is 16.4. The van der Waals surface area contributed by atoms with Crippen LogP contribution in [0.15, 0.2) is 71.6 Å². The van der Waals surface area contributed by atoms with Crippen molar-refractivity contribution in [3.05, 3.63) is 87.9 Å². The minimum atomic E-state index is -3.97. The molecule has 0 saturated carbocycles. The zero-order chi connectivity index (χ0) is 21.9. The van der Waals surface area contributed by atoms with E-state index in [9.17, 15) is 13.2 Å². The van der Waals surface area contributed by atoms with Crippen molar-refractivity contribution in [1.29, 1.82) is 0 Å². The van der Waals surface area contributed by atoms with Crippen LogP contribution in [-0.4, -0.2) is 20.9 Å². The monoisotopic (exact) mass is 462 g/mol. The number of benzene rings is 3. The number of hydrogen-bond donors (Lipinski definition) is 1. The van der Waals surface area contributed by atoms with E-state index in [-0.39, 0.29) is 9.92 Å². The summed E-state index contributed by atoms with van der Waals surface area (Å²) in [5, 5.41) is 3.33. The Morgan fingerprint density at radius 1 is 0.933 bits per heavy atom. The third-order valence-corrected chi connectivity index (χ3v) is 7.18. The van der Waals surface area contributed by atoms with Crippen molar-refractivity contribution >= 4 is 50.5 Å². The molecule has 30 heavy (non-hydrogen) atoms. The Hall–Kier alpha value is -2.54. The minimum Gasteiger partial charge on any atom is -0.324 e. The standard InChI is InChI=1S/C22H20Cl2N2O3S/c1-15-7-6-10-21(16(15)2)26(30(28,29)18-8-4-3-5-9-18)14-22(27)25-17-11-12-19(23)20(24)13-17/h3-13H,14H2,1-2H3,(H,25,27). The lowest BCUT2D eigenvalue weighted by atomic mass is 10.1. The van der Waals surface area contributed by atoms with E-state index in [1.807, 2.05) is 19.9 Å². The highest BCUT2D eigenvalue weighted by atomic mass is 35.5. The molecule has 0 spiro atoms. The van der Waals surface area contributed by atoms with Gasteiger partial charge < -0.3 is 5.32 Å². The minimum absolute atomic E-state index is 0.105. The number of carbonyl (C=O) groups excluding carboxylic acids is 1. The molecule has 0 fully saturated rings. The molecule has 0 bridgehead atoms. The molecule has 1 N–H and O–H groups in total. The van der Waals surface area contributed by atoms with Crippen LogP contribution < -0.4 is 9.62 Å². The Morgan fingerprint density at radius 3 is 2.30 bits per heavy atom. The number of carbonyl (C=O) groups is 1. The van der Waals surface area contributed by atoms with Crippen LogP contribution in [0.4, 0.5) is 11.4 Å². The van der Waals surface area contributed by atoms with Crippen molar-refractivity contribution in [3.8, 4) is 0 Å². The Balaban J connectivity index is 1.98. The van der Waals surface area contributed by atoms with Crippen molar-refractivity contribution < 1.29 is 13.2 Å². The number of nitrogens with zero attached hydrogens (tertiary/aromatic N) is 1. The van der Waals surface area contributed by atoms with Crippen molar-refractivity contribution in [2.45, 2.75) is 18.7 Å². The molecule has 0 radical (unpaired) electrons. The summed E-state index contributed by atoms with van der Waals surface area (Å²) in [6, 6.07) is 18.0. The largest absolute Gasteiger partial charge is 0.324 e. The van der Waals surface area contributed by atoms with Crippen LogP contribution in [0.1, 0.15) is 11.1 Å². The van der Waals surface area contributed by atoms with Crippen molar-refractivity contribution in [1.82, 2.24) is 0 Å². The molecule has 0 aliphatic carbocycles. The maximum Gasteiger partial charge on any atom is 0.264 e. The molecule has 0 atom stereocenters. The van der Waals surface area contributed by atoms with Crippen LogP contribution >= 0.6 is 23.2 Å². The molecule has 5 nitrogen and oxygen atoms in total. The number of anilines is 2. The fraction of sp³-hybridized carbons (Fsp3) is 0.136. The maximum atomic E-state index is 13.4. The summed E-state index contributed by atoms with van der Waals surface area (Å²) in [5.74, 6) is -0.506. The van der Waals surface area contributed by atoms with Gasteiger partial charge in [0.25, 0.3) is 10.0 Å². The van der Waals surface area contributed by atoms with E-state index in [4.69, 9.17) is 23.2 Å². The molecule has 3 aromatic rings. The molecule has 156 valence electrons. The van der Waals surface area contributed by atoms with Crippen LogP contribution in [0.5, 0.6) is 0 Å². The second-order valence-electron chi connectivity index (χ2n) is 6.72. The molecule has 0 unspecified atom stereocenters. The summed E-state index contributed by atoms with van der Waals surface area (Å²) in [7, 11) is -3.97. The average molecular weight is 463 g/mol. The summed E-state index contributed by atoms with van der Waals surface area (Å²) in [6.07, 6.45) is 0. The first-order valence-electron chi connectivity index (χ1n) is 9.09. The molecule has 0 heterocycles. The Labute approximate surface area is 186 Å². The molecule has 3 rings (SSSR count). The van der Waals surface area contributed by atoms with Gasteiger partial charge in [-0.15, -0.1) is 0 Å². The fourth-order valence-corrected chi connectivity index (χ4v) is 4.73. The van der Waals surface area contributed by atoms with Gasteiger partial charge in [-0.1, -0.05) is 53.5 Å². The second-order valence-corrected chi connectivity index (χ2v) is 9.40. The highest BCUT2D eigenvalue weighted by molar-refractivity contribution is 7.92. The SMILES string of the molecule is Cc1cccc(N(CC(=O)Nc2ccc(Cl)c(Cl)c2)S(=O)(=O)c2ccccc2)c1C. The number of rotatable bonds is 6. The zero-order valence-corrected chi connectivity index (χ0v) is 18.7. The van der Waals surface area contributed by atoms with Crippen molar-refractivity contribution in [2.75, 3.05) is 16.2 Å². The topological polar surface area (TPSA) is 66.5 Å². The summed E-state index contributed by atoms with van der Waals surface area (Å²) in [4.78, 5) is 12.9. The highest BCUT2D eigenvalue weighted by Crippen LogP contribution is 2.29.